The molecule has 6 nitrogen and oxygen atoms in total. The van der Waals surface area contributed by atoms with Gasteiger partial charge < -0.3 is 15.4 Å². The number of aromatic nitrogens is 3. The number of halogens is 4. The largest absolute Gasteiger partial charge is 0.481 e. The van der Waals surface area contributed by atoms with Gasteiger partial charge in [-0.05, 0) is 55.7 Å². The van der Waals surface area contributed by atoms with Crippen molar-refractivity contribution in [1.29, 1.82) is 0 Å². The molecule has 3 fully saturated rings. The number of carboxylic acid groups (broad SMARTS) is 1. The van der Waals surface area contributed by atoms with Crippen LogP contribution in [0.5, 0.6) is 0 Å². The van der Waals surface area contributed by atoms with Crippen LogP contribution in [0.4, 0.5) is 23.4 Å². The predicted octanol–water partition coefficient (Wildman–Crippen LogP) is 5.08. The van der Waals surface area contributed by atoms with E-state index in [9.17, 15) is 27.5 Å². The van der Waals surface area contributed by atoms with Gasteiger partial charge in [0, 0.05) is 23.2 Å². The van der Waals surface area contributed by atoms with Crippen LogP contribution >= 0.6 is 0 Å². The van der Waals surface area contributed by atoms with Crippen LogP contribution in [-0.4, -0.2) is 32.1 Å². The summed E-state index contributed by atoms with van der Waals surface area (Å²) in [4.78, 5) is 23.0. The van der Waals surface area contributed by atoms with Gasteiger partial charge in [0.2, 0.25) is 0 Å². The molecule has 3 heterocycles. The second-order valence-electron chi connectivity index (χ2n) is 8.59. The Morgan fingerprint density at radius 3 is 2.53 bits per heavy atom. The summed E-state index contributed by atoms with van der Waals surface area (Å²) in [6, 6.07) is 2.49. The molecule has 0 radical (unpaired) electrons. The lowest BCUT2D eigenvalue weighted by Gasteiger charge is -2.47. The number of anilines is 1. The van der Waals surface area contributed by atoms with Crippen molar-refractivity contribution in [3.8, 4) is 11.3 Å². The fraction of sp³-hybridized carbons (Fsp3) is 0.409. The number of fused-ring (bicyclic) bond motifs is 4. The molecule has 10 heteroatoms. The van der Waals surface area contributed by atoms with Crippen LogP contribution in [0.2, 0.25) is 0 Å². The van der Waals surface area contributed by atoms with Gasteiger partial charge in [-0.3, -0.25) is 4.79 Å². The van der Waals surface area contributed by atoms with Gasteiger partial charge in [0.05, 0.1) is 23.4 Å². The highest BCUT2D eigenvalue weighted by molar-refractivity contribution is 5.92. The number of hydrogen-bond donors (Lipinski definition) is 3. The maximum atomic E-state index is 13.7. The molecular weight excluding hydrogens is 428 g/mol. The SMILES string of the molecule is O=C(O)[C@H]1C2CCC(CC2)[C@@H]1Nc1cc(C(F)(F)F)cc(-c2c[nH]c3ncc(F)cc23)n1. The van der Waals surface area contributed by atoms with Crippen LogP contribution < -0.4 is 5.32 Å². The number of pyridine rings is 2. The molecule has 3 aromatic rings. The molecule has 3 aromatic heterocycles. The first-order valence-corrected chi connectivity index (χ1v) is 10.4. The van der Waals surface area contributed by atoms with Crippen molar-refractivity contribution in [2.24, 2.45) is 17.8 Å². The molecule has 2 atom stereocenters. The highest BCUT2D eigenvalue weighted by Crippen LogP contribution is 2.46. The van der Waals surface area contributed by atoms with Crippen molar-refractivity contribution in [2.75, 3.05) is 5.32 Å². The van der Waals surface area contributed by atoms with Crippen molar-refractivity contribution >= 4 is 22.8 Å². The molecule has 168 valence electrons. The molecule has 3 aliphatic rings. The van der Waals surface area contributed by atoms with Gasteiger partial charge in [-0.15, -0.1) is 0 Å². The van der Waals surface area contributed by atoms with Crippen molar-refractivity contribution < 1.29 is 27.5 Å². The van der Waals surface area contributed by atoms with Crippen molar-refractivity contribution in [3.05, 3.63) is 42.0 Å². The molecule has 0 aliphatic heterocycles. The van der Waals surface area contributed by atoms with E-state index >= 15 is 0 Å². The average molecular weight is 448 g/mol. The number of carboxylic acids is 1. The monoisotopic (exact) mass is 448 g/mol. The van der Waals surface area contributed by atoms with Gasteiger partial charge in [0.25, 0.3) is 0 Å². The Labute approximate surface area is 180 Å². The molecule has 6 rings (SSSR count). The Morgan fingerprint density at radius 2 is 1.84 bits per heavy atom. The van der Waals surface area contributed by atoms with Crippen LogP contribution in [0, 0.1) is 23.6 Å². The summed E-state index contributed by atoms with van der Waals surface area (Å²) in [5.41, 5.74) is -0.322. The van der Waals surface area contributed by atoms with Crippen LogP contribution in [0.25, 0.3) is 22.3 Å². The molecule has 0 saturated heterocycles. The number of carbonyl (C=O) groups is 1. The Balaban J connectivity index is 1.58. The zero-order valence-electron chi connectivity index (χ0n) is 16.8. The first kappa shape index (κ1) is 20.7. The van der Waals surface area contributed by atoms with Gasteiger partial charge in [-0.1, -0.05) is 0 Å². The number of alkyl halides is 3. The van der Waals surface area contributed by atoms with Crippen molar-refractivity contribution in [3.63, 3.8) is 0 Å². The summed E-state index contributed by atoms with van der Waals surface area (Å²) in [6.45, 7) is 0. The molecule has 0 unspecified atom stereocenters. The van der Waals surface area contributed by atoms with Crippen LogP contribution in [0.1, 0.15) is 31.2 Å². The van der Waals surface area contributed by atoms with Crippen molar-refractivity contribution in [2.45, 2.75) is 37.9 Å². The van der Waals surface area contributed by atoms with Gasteiger partial charge in [-0.25, -0.2) is 14.4 Å². The summed E-state index contributed by atoms with van der Waals surface area (Å²) in [7, 11) is 0. The highest BCUT2D eigenvalue weighted by atomic mass is 19.4. The number of hydrogen-bond acceptors (Lipinski definition) is 4. The third-order valence-corrected chi connectivity index (χ3v) is 6.75. The molecule has 3 aliphatic carbocycles. The standard InChI is InChI=1S/C22H20F4N4O2/c23-13-7-14-15(9-28-20(14)27-8-13)16-5-12(22(24,25)26)6-17(29-16)30-19-11-3-1-10(2-4-11)18(19)21(31)32/h5-11,18-19H,1-4H2,(H,27,28)(H,29,30)(H,31,32)/t10?,11?,18-,19-/m0/s1. The number of aromatic amines is 1. The van der Waals surface area contributed by atoms with E-state index in [4.69, 9.17) is 0 Å². The van der Waals surface area contributed by atoms with E-state index in [1.54, 1.807) is 0 Å². The van der Waals surface area contributed by atoms with Gasteiger partial charge in [0.15, 0.2) is 0 Å². The number of rotatable bonds is 4. The molecule has 3 saturated carbocycles. The minimum atomic E-state index is -4.64. The second kappa shape index (κ2) is 7.46. The summed E-state index contributed by atoms with van der Waals surface area (Å²) < 4.78 is 54.7. The third kappa shape index (κ3) is 3.57. The van der Waals surface area contributed by atoms with Crippen LogP contribution in [-0.2, 0) is 11.0 Å². The predicted molar refractivity (Wildman–Crippen MR) is 108 cm³/mol. The van der Waals surface area contributed by atoms with E-state index in [0.29, 0.717) is 11.0 Å². The second-order valence-corrected chi connectivity index (χ2v) is 8.59. The average Bonchev–Trinajstić information content (AvgIpc) is 3.16. The van der Waals surface area contributed by atoms with E-state index in [1.807, 2.05) is 0 Å². The lowest BCUT2D eigenvalue weighted by atomic mass is 9.61. The fourth-order valence-corrected chi connectivity index (χ4v) is 5.28. The Morgan fingerprint density at radius 1 is 1.12 bits per heavy atom. The number of nitrogens with one attached hydrogen (secondary N) is 2. The maximum absolute atomic E-state index is 13.7. The summed E-state index contributed by atoms with van der Waals surface area (Å²) in [5.74, 6) is -2.21. The molecule has 2 bridgehead atoms. The zero-order valence-corrected chi connectivity index (χ0v) is 16.8. The Bertz CT molecular complexity index is 1180. The van der Waals surface area contributed by atoms with E-state index in [2.05, 4.69) is 20.3 Å². The lowest BCUT2D eigenvalue weighted by Crippen LogP contribution is -2.51. The topological polar surface area (TPSA) is 90.9 Å². The molecule has 3 N–H and O–H groups in total. The summed E-state index contributed by atoms with van der Waals surface area (Å²) in [5, 5.41) is 13.1. The molecular formula is C22H20F4N4O2. The number of aliphatic carboxylic acids is 1. The minimum absolute atomic E-state index is 0.00272. The van der Waals surface area contributed by atoms with E-state index in [-0.39, 0.29) is 28.9 Å². The molecule has 32 heavy (non-hydrogen) atoms. The number of nitrogens with zero attached hydrogens (tertiary/aromatic N) is 2. The quantitative estimate of drug-likeness (QED) is 0.484. The highest BCUT2D eigenvalue weighted by Gasteiger charge is 2.47. The van der Waals surface area contributed by atoms with Crippen LogP contribution in [0.3, 0.4) is 0 Å². The zero-order chi connectivity index (χ0) is 22.6. The smallest absolute Gasteiger partial charge is 0.416 e. The van der Waals surface area contributed by atoms with Gasteiger partial charge in [0.1, 0.15) is 17.3 Å². The Hall–Kier alpha value is -3.17. The first-order chi connectivity index (χ1) is 15.2. The van der Waals surface area contributed by atoms with Crippen LogP contribution in [0.15, 0.2) is 30.6 Å². The first-order valence-electron chi connectivity index (χ1n) is 10.4. The normalized spacial score (nSPS) is 25.2. The lowest BCUT2D eigenvalue weighted by molar-refractivity contribution is -0.148. The molecule has 0 spiro atoms. The summed E-state index contributed by atoms with van der Waals surface area (Å²) in [6.07, 6.45) is 1.12. The summed E-state index contributed by atoms with van der Waals surface area (Å²) >= 11 is 0. The van der Waals surface area contributed by atoms with Crippen molar-refractivity contribution in [1.82, 2.24) is 15.0 Å². The molecule has 0 aromatic carbocycles. The van der Waals surface area contributed by atoms with E-state index in [0.717, 1.165) is 44.0 Å². The van der Waals surface area contributed by atoms with E-state index < -0.39 is 35.5 Å². The number of H-pyrrole nitrogens is 1. The van der Waals surface area contributed by atoms with Gasteiger partial charge in [-0.2, -0.15) is 13.2 Å². The Kier molecular flexibility index (Phi) is 4.83. The third-order valence-electron chi connectivity index (χ3n) is 6.75. The van der Waals surface area contributed by atoms with E-state index in [1.165, 1.54) is 12.3 Å². The maximum Gasteiger partial charge on any atom is 0.416 e. The van der Waals surface area contributed by atoms with Gasteiger partial charge >= 0.3 is 12.1 Å². The molecule has 0 amide bonds. The minimum Gasteiger partial charge on any atom is -0.481 e. The fourth-order valence-electron chi connectivity index (χ4n) is 5.28.